The average molecular weight is 496 g/mol. The predicted octanol–water partition coefficient (Wildman–Crippen LogP) is 4.93. The predicted molar refractivity (Wildman–Crippen MR) is 141 cm³/mol. The van der Waals surface area contributed by atoms with Crippen LogP contribution >= 0.6 is 0 Å². The maximum absolute atomic E-state index is 12.8. The van der Waals surface area contributed by atoms with E-state index in [0.717, 1.165) is 43.2 Å². The molecule has 1 fully saturated rings. The molecule has 8 nitrogen and oxygen atoms in total. The molecule has 2 aromatic carbocycles. The van der Waals surface area contributed by atoms with Gasteiger partial charge in [0.1, 0.15) is 5.82 Å². The number of nitrogens with one attached hydrogen (secondary N) is 2. The van der Waals surface area contributed by atoms with Gasteiger partial charge in [0.15, 0.2) is 9.84 Å². The number of hydrogen-bond donors (Lipinski definition) is 2. The van der Waals surface area contributed by atoms with Gasteiger partial charge in [-0.1, -0.05) is 26.8 Å². The molecule has 35 heavy (non-hydrogen) atoms. The Kier molecular flexibility index (Phi) is 7.28. The summed E-state index contributed by atoms with van der Waals surface area (Å²) in [7, 11) is -3.40. The molecule has 4 rings (SSSR count). The quantitative estimate of drug-likeness (QED) is 0.476. The molecule has 0 aliphatic carbocycles. The van der Waals surface area contributed by atoms with Crippen LogP contribution in [-0.4, -0.2) is 50.4 Å². The van der Waals surface area contributed by atoms with Crippen molar-refractivity contribution in [2.24, 2.45) is 5.41 Å². The van der Waals surface area contributed by atoms with Crippen LogP contribution in [0.15, 0.2) is 59.6 Å². The number of sulfone groups is 1. The Balaban J connectivity index is 1.48. The van der Waals surface area contributed by atoms with Gasteiger partial charge >= 0.3 is 0 Å². The summed E-state index contributed by atoms with van der Waals surface area (Å²) in [6.45, 7) is 10.9. The Hall–Kier alpha value is -3.17. The number of hydrogen-bond acceptors (Lipinski definition) is 8. The Bertz CT molecular complexity index is 1260. The van der Waals surface area contributed by atoms with Crippen molar-refractivity contribution in [1.82, 2.24) is 9.97 Å². The van der Waals surface area contributed by atoms with E-state index in [2.05, 4.69) is 37.6 Å². The number of anilines is 5. The summed E-state index contributed by atoms with van der Waals surface area (Å²) in [4.78, 5) is 11.6. The van der Waals surface area contributed by atoms with Gasteiger partial charge in [0.05, 0.1) is 23.9 Å². The van der Waals surface area contributed by atoms with Gasteiger partial charge in [0, 0.05) is 41.9 Å². The first-order valence-electron chi connectivity index (χ1n) is 11.7. The van der Waals surface area contributed by atoms with Crippen molar-refractivity contribution >= 4 is 38.7 Å². The number of aromatic nitrogens is 2. The molecule has 0 bridgehead atoms. The summed E-state index contributed by atoms with van der Waals surface area (Å²) in [5.74, 6) is 1.14. The average Bonchev–Trinajstić information content (AvgIpc) is 2.81. The molecule has 0 radical (unpaired) electrons. The van der Waals surface area contributed by atoms with E-state index in [1.165, 1.54) is 0 Å². The summed E-state index contributed by atoms with van der Waals surface area (Å²) >= 11 is 0. The maximum Gasteiger partial charge on any atom is 0.229 e. The Labute approximate surface area is 207 Å². The molecule has 2 heterocycles. The number of rotatable bonds is 7. The second-order valence-corrected chi connectivity index (χ2v) is 12.0. The van der Waals surface area contributed by atoms with E-state index >= 15 is 0 Å². The third-order valence-electron chi connectivity index (χ3n) is 5.55. The molecule has 2 N–H and O–H groups in total. The second kappa shape index (κ2) is 10.2. The van der Waals surface area contributed by atoms with Gasteiger partial charge in [0.2, 0.25) is 5.95 Å². The zero-order chi connectivity index (χ0) is 25.1. The summed E-state index contributed by atoms with van der Waals surface area (Å²) in [5.41, 5.74) is 3.22. The minimum atomic E-state index is -3.40. The maximum atomic E-state index is 12.8. The lowest BCUT2D eigenvalue weighted by Crippen LogP contribution is -2.36. The van der Waals surface area contributed by atoms with E-state index in [4.69, 9.17) is 4.74 Å². The molecule has 1 saturated heterocycles. The first-order valence-corrected chi connectivity index (χ1v) is 13.4. The van der Waals surface area contributed by atoms with Crippen molar-refractivity contribution in [3.63, 3.8) is 0 Å². The fourth-order valence-electron chi connectivity index (χ4n) is 3.89. The van der Waals surface area contributed by atoms with Crippen molar-refractivity contribution in [3.8, 4) is 0 Å². The molecule has 0 atom stereocenters. The van der Waals surface area contributed by atoms with Crippen LogP contribution in [0.4, 0.5) is 28.8 Å². The Morgan fingerprint density at radius 3 is 2.40 bits per heavy atom. The summed E-state index contributed by atoms with van der Waals surface area (Å²) in [6, 6.07) is 15.0. The highest BCUT2D eigenvalue weighted by Gasteiger charge is 2.23. The molecule has 1 aliphatic rings. The topological polar surface area (TPSA) is 96.4 Å². The van der Waals surface area contributed by atoms with Crippen molar-refractivity contribution in [1.29, 1.82) is 0 Å². The summed E-state index contributed by atoms with van der Waals surface area (Å²) < 4.78 is 31.1. The third kappa shape index (κ3) is 6.70. The Morgan fingerprint density at radius 1 is 1.00 bits per heavy atom. The number of ether oxygens (including phenoxy) is 1. The highest BCUT2D eigenvalue weighted by atomic mass is 32.2. The van der Waals surface area contributed by atoms with E-state index in [0.29, 0.717) is 22.3 Å². The summed E-state index contributed by atoms with van der Waals surface area (Å²) in [6.07, 6.45) is 1.74. The van der Waals surface area contributed by atoms with E-state index in [1.807, 2.05) is 45.9 Å². The Morgan fingerprint density at radius 2 is 1.71 bits per heavy atom. The van der Waals surface area contributed by atoms with Crippen LogP contribution in [0, 0.1) is 12.3 Å². The van der Waals surface area contributed by atoms with Crippen LogP contribution in [-0.2, 0) is 14.6 Å². The zero-order valence-corrected chi connectivity index (χ0v) is 21.5. The van der Waals surface area contributed by atoms with Crippen LogP contribution in [0.25, 0.3) is 0 Å². The van der Waals surface area contributed by atoms with Crippen molar-refractivity contribution < 1.29 is 13.2 Å². The van der Waals surface area contributed by atoms with Crippen LogP contribution < -0.4 is 15.5 Å². The summed E-state index contributed by atoms with van der Waals surface area (Å²) in [5, 5.41) is 6.50. The van der Waals surface area contributed by atoms with Crippen molar-refractivity contribution in [2.75, 3.05) is 47.6 Å². The number of aryl methyl sites for hydroxylation is 1. The van der Waals surface area contributed by atoms with Gasteiger partial charge in [-0.25, -0.2) is 13.4 Å². The highest BCUT2D eigenvalue weighted by molar-refractivity contribution is 7.91. The van der Waals surface area contributed by atoms with Crippen LogP contribution in [0.3, 0.4) is 0 Å². The molecular formula is C26H33N5O3S. The van der Waals surface area contributed by atoms with E-state index in [9.17, 15) is 8.42 Å². The fraction of sp³-hybridized carbons (Fsp3) is 0.385. The van der Waals surface area contributed by atoms with Crippen molar-refractivity contribution in [2.45, 2.75) is 32.6 Å². The highest BCUT2D eigenvalue weighted by Crippen LogP contribution is 2.27. The standard InChI is InChI=1S/C26H33N5O3S/c1-19-17-27-25(29-20-8-10-22(11-9-20)31-12-14-34-15-13-31)30-24(19)28-21-6-5-7-23(16-21)35(32,33)18-26(2,3)4/h5-11,16-17H,12-15,18H2,1-4H3,(H2,27,28,29,30). The third-order valence-corrected chi connectivity index (χ3v) is 7.77. The largest absolute Gasteiger partial charge is 0.378 e. The van der Waals surface area contributed by atoms with Gasteiger partial charge in [-0.2, -0.15) is 4.98 Å². The van der Waals surface area contributed by atoms with Crippen LogP contribution in [0.2, 0.25) is 0 Å². The molecule has 3 aromatic rings. The molecular weight excluding hydrogens is 462 g/mol. The van der Waals surface area contributed by atoms with E-state index < -0.39 is 9.84 Å². The fourth-order valence-corrected chi connectivity index (χ4v) is 5.79. The molecule has 1 aliphatic heterocycles. The lowest BCUT2D eigenvalue weighted by Gasteiger charge is -2.28. The van der Waals surface area contributed by atoms with Gasteiger partial charge in [-0.3, -0.25) is 0 Å². The number of benzene rings is 2. The lowest BCUT2D eigenvalue weighted by atomic mass is 10.0. The normalized spacial score (nSPS) is 14.6. The molecule has 1 aromatic heterocycles. The monoisotopic (exact) mass is 495 g/mol. The smallest absolute Gasteiger partial charge is 0.229 e. The minimum absolute atomic E-state index is 0.0778. The molecule has 186 valence electrons. The van der Waals surface area contributed by atoms with E-state index in [-0.39, 0.29) is 11.2 Å². The SMILES string of the molecule is Cc1cnc(Nc2ccc(N3CCOCC3)cc2)nc1Nc1cccc(S(=O)(=O)CC(C)(C)C)c1. The number of nitrogens with zero attached hydrogens (tertiary/aromatic N) is 3. The minimum Gasteiger partial charge on any atom is -0.378 e. The van der Waals surface area contributed by atoms with Crippen LogP contribution in [0.1, 0.15) is 26.3 Å². The molecule has 0 unspecified atom stereocenters. The van der Waals surface area contributed by atoms with Gasteiger partial charge < -0.3 is 20.3 Å². The molecule has 0 spiro atoms. The van der Waals surface area contributed by atoms with Gasteiger partial charge in [-0.05, 0) is 54.8 Å². The zero-order valence-electron chi connectivity index (χ0n) is 20.7. The number of morpholine rings is 1. The van der Waals surface area contributed by atoms with Crippen molar-refractivity contribution in [3.05, 3.63) is 60.3 Å². The molecule has 0 saturated carbocycles. The first-order chi connectivity index (χ1) is 16.6. The van der Waals surface area contributed by atoms with Crippen LogP contribution in [0.5, 0.6) is 0 Å². The van der Waals surface area contributed by atoms with E-state index in [1.54, 1.807) is 24.4 Å². The van der Waals surface area contributed by atoms with Gasteiger partial charge in [-0.15, -0.1) is 0 Å². The second-order valence-electron chi connectivity index (χ2n) is 9.97. The lowest BCUT2D eigenvalue weighted by molar-refractivity contribution is 0.122. The molecule has 9 heteroatoms. The van der Waals surface area contributed by atoms with Gasteiger partial charge in [0.25, 0.3) is 0 Å². The molecule has 0 amide bonds. The first kappa shape index (κ1) is 24.9.